The Hall–Kier alpha value is -1.59. The summed E-state index contributed by atoms with van der Waals surface area (Å²) in [5.74, 6) is -1.24. The van der Waals surface area contributed by atoms with Crippen molar-refractivity contribution in [3.05, 3.63) is 34.9 Å². The molecule has 1 aliphatic rings. The predicted octanol–water partition coefficient (Wildman–Crippen LogP) is 3.15. The van der Waals surface area contributed by atoms with Gasteiger partial charge >= 0.3 is 5.97 Å². The van der Waals surface area contributed by atoms with E-state index in [0.717, 1.165) is 24.8 Å². The third kappa shape index (κ3) is 6.67. The van der Waals surface area contributed by atoms with Crippen LogP contribution in [0.5, 0.6) is 0 Å². The highest BCUT2D eigenvalue weighted by Crippen LogP contribution is 2.24. The number of benzene rings is 1. The lowest BCUT2D eigenvalue weighted by Crippen LogP contribution is -2.39. The van der Waals surface area contributed by atoms with Gasteiger partial charge in [0.1, 0.15) is 0 Å². The average Bonchev–Trinajstić information content (AvgIpc) is 2.57. The first kappa shape index (κ1) is 19.7. The highest BCUT2D eigenvalue weighted by Gasteiger charge is 2.30. The fourth-order valence-electron chi connectivity index (χ4n) is 3.28. The zero-order chi connectivity index (χ0) is 18.2. The lowest BCUT2D eigenvalue weighted by molar-refractivity contribution is -0.145. The minimum atomic E-state index is -0.846. The average molecular weight is 368 g/mol. The van der Waals surface area contributed by atoms with Crippen LogP contribution in [0, 0.1) is 17.8 Å². The number of halogens is 1. The maximum atomic E-state index is 12.2. The maximum absolute atomic E-state index is 12.2. The number of amides is 1. The summed E-state index contributed by atoms with van der Waals surface area (Å²) in [7, 11) is 0. The molecule has 5 nitrogen and oxygen atoms in total. The Morgan fingerprint density at radius 1 is 1.28 bits per heavy atom. The summed E-state index contributed by atoms with van der Waals surface area (Å²) >= 11 is 5.87. The Balaban J connectivity index is 1.77. The fourth-order valence-corrected chi connectivity index (χ4v) is 3.41. The summed E-state index contributed by atoms with van der Waals surface area (Å²) < 4.78 is 5.28. The van der Waals surface area contributed by atoms with Gasteiger partial charge in [0.05, 0.1) is 5.92 Å². The normalized spacial score (nSPS) is 17.7. The van der Waals surface area contributed by atoms with Gasteiger partial charge < -0.3 is 15.2 Å². The predicted molar refractivity (Wildman–Crippen MR) is 96.6 cm³/mol. The number of hydrogen-bond acceptors (Lipinski definition) is 3. The number of ether oxygens (including phenoxy) is 1. The standard InChI is InChI=1S/C19H26ClNO4/c1-13(10-14-2-4-16(20)5-3-14)11-18(22)21-12-17(19(23)24)15-6-8-25-9-7-15/h2-5,13,15,17H,6-12H2,1H3,(H,21,22)(H,23,24). The van der Waals surface area contributed by atoms with E-state index in [2.05, 4.69) is 5.32 Å². The number of nitrogens with one attached hydrogen (secondary N) is 1. The molecular formula is C19H26ClNO4. The number of carbonyl (C=O) groups is 2. The molecule has 0 radical (unpaired) electrons. The van der Waals surface area contributed by atoms with Crippen LogP contribution >= 0.6 is 11.6 Å². The number of hydrogen-bond donors (Lipinski definition) is 2. The van der Waals surface area contributed by atoms with Crippen molar-refractivity contribution in [1.82, 2.24) is 5.32 Å². The molecule has 0 bridgehead atoms. The van der Waals surface area contributed by atoms with E-state index in [-0.39, 0.29) is 24.3 Å². The van der Waals surface area contributed by atoms with E-state index >= 15 is 0 Å². The second-order valence-electron chi connectivity index (χ2n) is 6.84. The van der Waals surface area contributed by atoms with Crippen molar-refractivity contribution in [2.75, 3.05) is 19.8 Å². The second kappa shape index (κ2) is 9.78. The number of carbonyl (C=O) groups excluding carboxylic acids is 1. The highest BCUT2D eigenvalue weighted by atomic mass is 35.5. The number of carboxylic acids is 1. The first-order valence-corrected chi connectivity index (χ1v) is 9.15. The zero-order valence-corrected chi connectivity index (χ0v) is 15.3. The molecule has 2 N–H and O–H groups in total. The van der Waals surface area contributed by atoms with Crippen LogP contribution in [-0.2, 0) is 20.7 Å². The van der Waals surface area contributed by atoms with Crippen LogP contribution in [0.25, 0.3) is 0 Å². The zero-order valence-electron chi connectivity index (χ0n) is 14.5. The van der Waals surface area contributed by atoms with Crippen LogP contribution in [0.4, 0.5) is 0 Å². The van der Waals surface area contributed by atoms with E-state index in [0.29, 0.717) is 24.7 Å². The number of carboxylic acid groups (broad SMARTS) is 1. The molecule has 1 amide bonds. The van der Waals surface area contributed by atoms with Crippen LogP contribution in [0.3, 0.4) is 0 Å². The molecule has 0 saturated carbocycles. The van der Waals surface area contributed by atoms with Crippen molar-refractivity contribution in [2.45, 2.75) is 32.6 Å². The van der Waals surface area contributed by atoms with E-state index in [4.69, 9.17) is 16.3 Å². The summed E-state index contributed by atoms with van der Waals surface area (Å²) in [5, 5.41) is 12.9. The van der Waals surface area contributed by atoms with Gasteiger partial charge in [0.2, 0.25) is 5.91 Å². The molecule has 1 saturated heterocycles. The molecule has 6 heteroatoms. The molecule has 2 atom stereocenters. The van der Waals surface area contributed by atoms with Crippen molar-refractivity contribution < 1.29 is 19.4 Å². The van der Waals surface area contributed by atoms with E-state index < -0.39 is 11.9 Å². The van der Waals surface area contributed by atoms with Crippen LogP contribution < -0.4 is 5.32 Å². The van der Waals surface area contributed by atoms with E-state index in [1.165, 1.54) is 0 Å². The first-order valence-electron chi connectivity index (χ1n) is 8.77. The lowest BCUT2D eigenvalue weighted by Gasteiger charge is -2.27. The van der Waals surface area contributed by atoms with E-state index in [9.17, 15) is 14.7 Å². The summed E-state index contributed by atoms with van der Waals surface area (Å²) in [6, 6.07) is 7.61. The van der Waals surface area contributed by atoms with Gasteiger partial charge in [-0.1, -0.05) is 30.7 Å². The SMILES string of the molecule is CC(CC(=O)NCC(C(=O)O)C1CCOCC1)Cc1ccc(Cl)cc1. The van der Waals surface area contributed by atoms with Crippen molar-refractivity contribution in [3.63, 3.8) is 0 Å². The van der Waals surface area contributed by atoms with Gasteiger partial charge in [-0.05, 0) is 48.8 Å². The minimum Gasteiger partial charge on any atom is -0.481 e. The minimum absolute atomic E-state index is 0.0676. The van der Waals surface area contributed by atoms with Gasteiger partial charge in [0.25, 0.3) is 0 Å². The molecule has 1 fully saturated rings. The molecule has 138 valence electrons. The van der Waals surface area contributed by atoms with Gasteiger partial charge in [-0.25, -0.2) is 0 Å². The second-order valence-corrected chi connectivity index (χ2v) is 7.27. The van der Waals surface area contributed by atoms with Crippen LogP contribution in [0.2, 0.25) is 5.02 Å². The van der Waals surface area contributed by atoms with Crippen LogP contribution in [-0.4, -0.2) is 36.7 Å². The van der Waals surface area contributed by atoms with E-state index in [1.807, 2.05) is 31.2 Å². The molecule has 1 aromatic carbocycles. The third-order valence-corrected chi connectivity index (χ3v) is 4.95. The maximum Gasteiger partial charge on any atom is 0.308 e. The molecule has 25 heavy (non-hydrogen) atoms. The molecule has 2 unspecified atom stereocenters. The first-order chi connectivity index (χ1) is 12.0. The van der Waals surface area contributed by atoms with Crippen molar-refractivity contribution in [1.29, 1.82) is 0 Å². The number of aliphatic carboxylic acids is 1. The Labute approximate surface area is 153 Å². The Kier molecular flexibility index (Phi) is 7.72. The van der Waals surface area contributed by atoms with Gasteiger partial charge in [-0.15, -0.1) is 0 Å². The van der Waals surface area contributed by atoms with Crippen molar-refractivity contribution in [3.8, 4) is 0 Å². The fraction of sp³-hybridized carbons (Fsp3) is 0.579. The third-order valence-electron chi connectivity index (χ3n) is 4.70. The Morgan fingerprint density at radius 2 is 1.92 bits per heavy atom. The molecule has 0 spiro atoms. The molecule has 1 heterocycles. The van der Waals surface area contributed by atoms with Gasteiger partial charge in [0, 0.05) is 31.2 Å². The summed E-state index contributed by atoms with van der Waals surface area (Å²) in [6.07, 6.45) is 2.63. The summed E-state index contributed by atoms with van der Waals surface area (Å²) in [4.78, 5) is 23.7. The Morgan fingerprint density at radius 3 is 2.52 bits per heavy atom. The van der Waals surface area contributed by atoms with Gasteiger partial charge in [-0.3, -0.25) is 9.59 Å². The number of rotatable bonds is 8. The summed E-state index contributed by atoms with van der Waals surface area (Å²) in [5.41, 5.74) is 1.13. The summed E-state index contributed by atoms with van der Waals surface area (Å²) in [6.45, 7) is 3.40. The van der Waals surface area contributed by atoms with Crippen molar-refractivity contribution >= 4 is 23.5 Å². The molecule has 2 rings (SSSR count). The van der Waals surface area contributed by atoms with E-state index in [1.54, 1.807) is 0 Å². The molecule has 1 aromatic rings. The smallest absolute Gasteiger partial charge is 0.308 e. The highest BCUT2D eigenvalue weighted by molar-refractivity contribution is 6.30. The van der Waals surface area contributed by atoms with Crippen LogP contribution in [0.15, 0.2) is 24.3 Å². The molecule has 0 aliphatic carbocycles. The van der Waals surface area contributed by atoms with Crippen molar-refractivity contribution in [2.24, 2.45) is 17.8 Å². The lowest BCUT2D eigenvalue weighted by atomic mass is 9.86. The van der Waals surface area contributed by atoms with Crippen LogP contribution in [0.1, 0.15) is 31.7 Å². The molecule has 1 aliphatic heterocycles. The molecule has 0 aromatic heterocycles. The largest absolute Gasteiger partial charge is 0.481 e. The Bertz CT molecular complexity index is 569. The van der Waals surface area contributed by atoms with Gasteiger partial charge in [0.15, 0.2) is 0 Å². The topological polar surface area (TPSA) is 75.6 Å². The monoisotopic (exact) mass is 367 g/mol. The molecular weight excluding hydrogens is 342 g/mol. The van der Waals surface area contributed by atoms with Gasteiger partial charge in [-0.2, -0.15) is 0 Å². The quantitative estimate of drug-likeness (QED) is 0.740.